The Morgan fingerprint density at radius 1 is 0.700 bits per heavy atom. The Labute approximate surface area is 121 Å². The van der Waals surface area contributed by atoms with Crippen molar-refractivity contribution in [2.45, 2.75) is 0 Å². The highest BCUT2D eigenvalue weighted by Crippen LogP contribution is 2.43. The molecule has 0 atom stereocenters. The van der Waals surface area contributed by atoms with Gasteiger partial charge in [0.25, 0.3) is 0 Å². The predicted molar refractivity (Wildman–Crippen MR) is 85.1 cm³/mol. The van der Waals surface area contributed by atoms with Gasteiger partial charge >= 0.3 is 0 Å². The van der Waals surface area contributed by atoms with Crippen LogP contribution in [-0.2, 0) is 18.1 Å². The lowest BCUT2D eigenvalue weighted by Crippen LogP contribution is -2.24. The van der Waals surface area contributed by atoms with Crippen molar-refractivity contribution in [1.29, 1.82) is 0 Å². The van der Waals surface area contributed by atoms with Gasteiger partial charge in [-0.25, -0.2) is 0 Å². The van der Waals surface area contributed by atoms with E-state index >= 15 is 0 Å². The Hall–Kier alpha value is -0.600. The predicted octanol–water partition coefficient (Wildman–Crippen LogP) is 3.30. The van der Waals surface area contributed by atoms with Crippen LogP contribution in [0.4, 0.5) is 0 Å². The lowest BCUT2D eigenvalue weighted by molar-refractivity contribution is 0.347. The van der Waals surface area contributed by atoms with E-state index in [0.29, 0.717) is 0 Å². The molecule has 0 heterocycles. The molecule has 0 aliphatic rings. The Morgan fingerprint density at radius 3 is 1.90 bits per heavy atom. The Kier molecular flexibility index (Phi) is 5.86. The van der Waals surface area contributed by atoms with Crippen LogP contribution in [0.5, 0.6) is 0 Å². The molecular weight excluding hydrogens is 294 g/mol. The van der Waals surface area contributed by atoms with Gasteiger partial charge in [-0.1, -0.05) is 30.3 Å². The molecule has 0 fully saturated rings. The molecule has 4 nitrogen and oxygen atoms in total. The minimum atomic E-state index is -1.16. The summed E-state index contributed by atoms with van der Waals surface area (Å²) >= 11 is 0. The maximum atomic E-state index is 5.52. The number of hydrogen-bond donors (Lipinski definition) is 0. The van der Waals surface area contributed by atoms with Crippen LogP contribution < -0.4 is 10.6 Å². The largest absolute Gasteiger partial charge is 0.334 e. The van der Waals surface area contributed by atoms with Crippen molar-refractivity contribution in [1.82, 2.24) is 0 Å². The number of hydrogen-bond acceptors (Lipinski definition) is 4. The van der Waals surface area contributed by atoms with Crippen molar-refractivity contribution in [3.05, 3.63) is 36.4 Å². The van der Waals surface area contributed by atoms with Gasteiger partial charge < -0.3 is 18.1 Å². The molecule has 0 radical (unpaired) electrons. The fraction of sp³-hybridized carbons (Fsp3) is 0.286. The summed E-state index contributed by atoms with van der Waals surface area (Å²) in [6.07, 6.45) is 0. The third-order valence-electron chi connectivity index (χ3n) is 2.92. The Balaban J connectivity index is 2.70. The van der Waals surface area contributed by atoms with Gasteiger partial charge in [-0.2, -0.15) is 0 Å². The summed E-state index contributed by atoms with van der Waals surface area (Å²) in [7, 11) is 4.32. The smallest absolute Gasteiger partial charge is 0.206 e. The van der Waals surface area contributed by atoms with E-state index in [1.807, 2.05) is 18.2 Å². The zero-order valence-electron chi connectivity index (χ0n) is 12.0. The third-order valence-corrected chi connectivity index (χ3v) is 6.04. The van der Waals surface area contributed by atoms with Gasteiger partial charge in [0, 0.05) is 39.0 Å². The quantitative estimate of drug-likeness (QED) is 0.767. The van der Waals surface area contributed by atoms with E-state index < -0.39 is 16.8 Å². The van der Waals surface area contributed by atoms with E-state index in [0.717, 1.165) is 21.4 Å². The maximum absolute atomic E-state index is 5.52. The molecule has 0 unspecified atom stereocenters. The van der Waals surface area contributed by atoms with Crippen LogP contribution in [0, 0.1) is 0 Å². The molecule has 0 saturated carbocycles. The lowest BCUT2D eigenvalue weighted by Gasteiger charge is -2.22. The molecule has 0 aromatic heterocycles. The second kappa shape index (κ2) is 7.42. The third kappa shape index (κ3) is 3.01. The summed E-state index contributed by atoms with van der Waals surface area (Å²) in [6, 6.07) is 12.3. The molecule has 20 heavy (non-hydrogen) atoms. The first-order valence-corrected chi connectivity index (χ1v) is 8.40. The average molecular weight is 312 g/mol. The van der Waals surface area contributed by atoms with E-state index in [9.17, 15) is 0 Å². The molecule has 0 spiro atoms. The average Bonchev–Trinajstić information content (AvgIpc) is 2.51. The van der Waals surface area contributed by atoms with E-state index in [-0.39, 0.29) is 0 Å². The van der Waals surface area contributed by atoms with Crippen LogP contribution >= 0.6 is 16.8 Å². The molecule has 6 heteroatoms. The first-order chi connectivity index (χ1) is 9.76. The fourth-order valence-corrected chi connectivity index (χ4v) is 4.81. The second-order valence-corrected chi connectivity index (χ2v) is 7.32. The first kappa shape index (κ1) is 15.8. The summed E-state index contributed by atoms with van der Waals surface area (Å²) in [4.78, 5) is 0. The molecule has 0 saturated heterocycles. The molecule has 0 aliphatic heterocycles. The topological polar surface area (TPSA) is 36.9 Å². The van der Waals surface area contributed by atoms with Crippen molar-refractivity contribution in [2.24, 2.45) is 0 Å². The van der Waals surface area contributed by atoms with Gasteiger partial charge in [0.15, 0.2) is 0 Å². The monoisotopic (exact) mass is 312 g/mol. The fourth-order valence-electron chi connectivity index (χ4n) is 2.11. The van der Waals surface area contributed by atoms with Gasteiger partial charge in [-0.15, -0.1) is 0 Å². The summed E-state index contributed by atoms with van der Waals surface area (Å²) in [5, 5.41) is 4.29. The highest BCUT2D eigenvalue weighted by Gasteiger charge is 2.24. The molecule has 0 aliphatic carbocycles. The van der Waals surface area contributed by atoms with E-state index in [2.05, 4.69) is 18.2 Å². The first-order valence-electron chi connectivity index (χ1n) is 6.05. The molecule has 2 rings (SSSR count). The van der Waals surface area contributed by atoms with Crippen molar-refractivity contribution in [3.63, 3.8) is 0 Å². The van der Waals surface area contributed by atoms with Gasteiger partial charge in [0.05, 0.1) is 0 Å². The van der Waals surface area contributed by atoms with Crippen LogP contribution in [-0.4, -0.2) is 28.4 Å². The highest BCUT2D eigenvalue weighted by molar-refractivity contribution is 7.63. The van der Waals surface area contributed by atoms with E-state index in [1.54, 1.807) is 28.4 Å². The molecular formula is C14H18O4P2. The van der Waals surface area contributed by atoms with Crippen molar-refractivity contribution in [3.8, 4) is 0 Å². The zero-order valence-corrected chi connectivity index (χ0v) is 13.8. The van der Waals surface area contributed by atoms with Crippen LogP contribution in [0.1, 0.15) is 0 Å². The second-order valence-electron chi connectivity index (χ2n) is 3.90. The standard InChI is InChI=1S/C14H18O4P2/c1-15-19(16-2)13-10-9-11-7-5-6-8-12(11)14(13)20(17-3)18-4/h5-10H,1-4H3. The molecule has 2 aromatic carbocycles. The van der Waals surface area contributed by atoms with Crippen LogP contribution in [0.15, 0.2) is 36.4 Å². The zero-order chi connectivity index (χ0) is 14.5. The summed E-state index contributed by atoms with van der Waals surface area (Å²) in [5.41, 5.74) is 0. The van der Waals surface area contributed by atoms with Gasteiger partial charge in [-0.05, 0) is 16.8 Å². The number of rotatable bonds is 6. The van der Waals surface area contributed by atoms with E-state index in [1.165, 1.54) is 0 Å². The van der Waals surface area contributed by atoms with Crippen molar-refractivity contribution >= 4 is 38.1 Å². The molecule has 0 bridgehead atoms. The van der Waals surface area contributed by atoms with Gasteiger partial charge in [0.1, 0.15) is 0 Å². The van der Waals surface area contributed by atoms with Crippen LogP contribution in [0.3, 0.4) is 0 Å². The normalized spacial score (nSPS) is 11.7. The number of fused-ring (bicyclic) bond motifs is 1. The summed E-state index contributed by atoms with van der Waals surface area (Å²) < 4.78 is 21.9. The minimum Gasteiger partial charge on any atom is -0.334 e. The molecule has 0 amide bonds. The molecule has 2 aromatic rings. The van der Waals surface area contributed by atoms with Gasteiger partial charge in [0.2, 0.25) is 16.8 Å². The number of benzene rings is 2. The summed E-state index contributed by atoms with van der Waals surface area (Å²) in [5.74, 6) is 0. The summed E-state index contributed by atoms with van der Waals surface area (Å²) in [6.45, 7) is 0. The lowest BCUT2D eigenvalue weighted by atomic mass is 10.1. The Morgan fingerprint density at radius 2 is 1.30 bits per heavy atom. The Bertz CT molecular complexity index is 568. The SMILES string of the molecule is COP(OC)c1ccc2ccccc2c1P(OC)OC. The molecule has 108 valence electrons. The van der Waals surface area contributed by atoms with Crippen molar-refractivity contribution in [2.75, 3.05) is 28.4 Å². The maximum Gasteiger partial charge on any atom is 0.206 e. The van der Waals surface area contributed by atoms with Crippen LogP contribution in [0.2, 0.25) is 0 Å². The minimum absolute atomic E-state index is 0.999. The van der Waals surface area contributed by atoms with Crippen molar-refractivity contribution < 1.29 is 18.1 Å². The molecule has 0 N–H and O–H groups in total. The van der Waals surface area contributed by atoms with Gasteiger partial charge in [-0.3, -0.25) is 0 Å². The van der Waals surface area contributed by atoms with E-state index in [4.69, 9.17) is 18.1 Å². The van der Waals surface area contributed by atoms with Crippen LogP contribution in [0.25, 0.3) is 10.8 Å². The highest BCUT2D eigenvalue weighted by atomic mass is 31.2.